The standard InChI is InChI=1S/C19H20FN8O2S/c1-12(25-19(22)28-9-3-2-8-24-31(28)30)17-14(20)5-7-16(26-17)27-18(29)15-6-4-13(10-21)11-23-15/h4-7,11-12H,2-3,8-9H2,1H3,(H2,22,25)(H,26,27,29)/q-1/t12-/m0/s1. The molecule has 1 amide bonds. The summed E-state index contributed by atoms with van der Waals surface area (Å²) in [5.41, 5.74) is 6.35. The number of pyridine rings is 2. The zero-order valence-corrected chi connectivity index (χ0v) is 17.5. The first-order valence-electron chi connectivity index (χ1n) is 9.43. The number of nitrogens with two attached hydrogens (primary N) is 1. The Hall–Kier alpha value is -3.59. The summed E-state index contributed by atoms with van der Waals surface area (Å²) >= 11 is 0. The molecule has 0 aliphatic carbocycles. The second-order valence-corrected chi connectivity index (χ2v) is 7.78. The molecule has 0 fully saturated rings. The third kappa shape index (κ3) is 5.52. The quantitative estimate of drug-likeness (QED) is 0.420. The van der Waals surface area contributed by atoms with Gasteiger partial charge in [0.25, 0.3) is 5.91 Å². The average Bonchev–Trinajstić information content (AvgIpc) is 2.99. The fourth-order valence-corrected chi connectivity index (χ4v) is 3.69. The Morgan fingerprint density at radius 3 is 2.90 bits per heavy atom. The zero-order chi connectivity index (χ0) is 22.4. The average molecular weight is 443 g/mol. The summed E-state index contributed by atoms with van der Waals surface area (Å²) in [7, 11) is -1.64. The minimum absolute atomic E-state index is 0.0195. The van der Waals surface area contributed by atoms with Crippen molar-refractivity contribution in [3.63, 3.8) is 0 Å². The number of guanidine groups is 1. The van der Waals surface area contributed by atoms with Crippen LogP contribution < -0.4 is 11.1 Å². The first-order chi connectivity index (χ1) is 14.9. The molecule has 31 heavy (non-hydrogen) atoms. The number of nitrogens with one attached hydrogen (secondary N) is 1. The van der Waals surface area contributed by atoms with Crippen LogP contribution in [-0.2, 0) is 15.0 Å². The summed E-state index contributed by atoms with van der Waals surface area (Å²) in [6, 6.07) is 6.44. The molecular weight excluding hydrogens is 423 g/mol. The highest BCUT2D eigenvalue weighted by atomic mass is 32.2. The number of halogens is 1. The van der Waals surface area contributed by atoms with Gasteiger partial charge in [-0.1, -0.05) is 10.8 Å². The van der Waals surface area contributed by atoms with E-state index in [-0.39, 0.29) is 23.2 Å². The molecule has 162 valence electrons. The number of rotatable bonds is 4. The van der Waals surface area contributed by atoms with Crippen LogP contribution >= 0.6 is 0 Å². The van der Waals surface area contributed by atoms with Crippen LogP contribution in [0.2, 0.25) is 0 Å². The van der Waals surface area contributed by atoms with Gasteiger partial charge in [0.1, 0.15) is 29.1 Å². The SMILES string of the molecule is C[C@H](N=C(N)N1CCCCN=[S-]1=O)c1nc(NC(=O)c2ccc(C#N)cn2)ccc1F. The molecule has 1 atom stereocenters. The van der Waals surface area contributed by atoms with Gasteiger partial charge in [0.05, 0.1) is 11.6 Å². The van der Waals surface area contributed by atoms with Crippen molar-refractivity contribution in [2.24, 2.45) is 15.1 Å². The fraction of sp³-hybridized carbons (Fsp3) is 0.316. The molecule has 1 aliphatic heterocycles. The largest absolute Gasteiger partial charge is 0.424 e. The van der Waals surface area contributed by atoms with E-state index in [9.17, 15) is 13.4 Å². The van der Waals surface area contributed by atoms with Gasteiger partial charge in [0.15, 0.2) is 5.96 Å². The Kier molecular flexibility index (Phi) is 7.09. The predicted octanol–water partition coefficient (Wildman–Crippen LogP) is 2.27. The smallest absolute Gasteiger partial charge is 0.275 e. The summed E-state index contributed by atoms with van der Waals surface area (Å²) < 4.78 is 31.9. The number of nitriles is 1. The number of aliphatic imine (C=N–C) groups is 1. The molecule has 0 unspecified atom stereocenters. The molecule has 2 aromatic rings. The third-order valence-electron chi connectivity index (χ3n) is 4.38. The number of aromatic nitrogens is 2. The van der Waals surface area contributed by atoms with Crippen LogP contribution in [0.15, 0.2) is 39.8 Å². The minimum atomic E-state index is -1.64. The van der Waals surface area contributed by atoms with Crippen LogP contribution in [0, 0.1) is 17.1 Å². The van der Waals surface area contributed by atoms with Crippen LogP contribution in [0.1, 0.15) is 47.6 Å². The van der Waals surface area contributed by atoms with Gasteiger partial charge < -0.3 is 23.9 Å². The topological polar surface area (TPSA) is 150 Å². The Morgan fingerprint density at radius 1 is 1.39 bits per heavy atom. The molecule has 0 aromatic carbocycles. The highest BCUT2D eigenvalue weighted by Crippen LogP contribution is 2.21. The van der Waals surface area contributed by atoms with Crippen LogP contribution in [0.25, 0.3) is 0 Å². The van der Waals surface area contributed by atoms with Gasteiger partial charge in [-0.25, -0.2) is 19.4 Å². The molecule has 1 aliphatic rings. The summed E-state index contributed by atoms with van der Waals surface area (Å²) in [5, 5.41) is 11.3. The maximum absolute atomic E-state index is 14.4. The monoisotopic (exact) mass is 443 g/mol. The second kappa shape index (κ2) is 9.94. The highest BCUT2D eigenvalue weighted by Gasteiger charge is 2.16. The number of carbonyl (C=O) groups is 1. The molecule has 0 bridgehead atoms. The summed E-state index contributed by atoms with van der Waals surface area (Å²) in [4.78, 5) is 24.6. The molecule has 0 saturated carbocycles. The van der Waals surface area contributed by atoms with Crippen LogP contribution in [-0.4, -0.2) is 39.2 Å². The van der Waals surface area contributed by atoms with Gasteiger partial charge in [-0.05, 0) is 44.0 Å². The van der Waals surface area contributed by atoms with Gasteiger partial charge in [-0.15, -0.1) is 0 Å². The third-order valence-corrected chi connectivity index (χ3v) is 5.53. The molecule has 3 heterocycles. The Labute approximate surface area is 180 Å². The normalized spacial score (nSPS) is 16.0. The van der Waals surface area contributed by atoms with E-state index in [1.807, 2.05) is 6.07 Å². The lowest BCUT2D eigenvalue weighted by molar-refractivity contribution is 0.102. The van der Waals surface area contributed by atoms with Gasteiger partial charge in [-0.2, -0.15) is 5.26 Å². The van der Waals surface area contributed by atoms with Crippen molar-refractivity contribution in [1.29, 1.82) is 5.26 Å². The summed E-state index contributed by atoms with van der Waals surface area (Å²) in [5.74, 6) is -1.11. The molecule has 10 nitrogen and oxygen atoms in total. The van der Waals surface area contributed by atoms with Crippen molar-refractivity contribution in [3.05, 3.63) is 53.2 Å². The summed E-state index contributed by atoms with van der Waals surface area (Å²) in [6.07, 6.45) is 2.84. The Morgan fingerprint density at radius 2 is 2.19 bits per heavy atom. The number of hydrogen-bond acceptors (Lipinski definition) is 8. The maximum atomic E-state index is 14.4. The van der Waals surface area contributed by atoms with E-state index in [1.54, 1.807) is 6.92 Å². The molecule has 0 saturated heterocycles. The number of anilines is 1. The van der Waals surface area contributed by atoms with E-state index in [0.717, 1.165) is 18.9 Å². The lowest BCUT2D eigenvalue weighted by atomic mass is 10.2. The van der Waals surface area contributed by atoms with Crippen molar-refractivity contribution in [2.45, 2.75) is 25.8 Å². The lowest BCUT2D eigenvalue weighted by Crippen LogP contribution is -2.36. The summed E-state index contributed by atoms with van der Waals surface area (Å²) in [6.45, 7) is 2.50. The van der Waals surface area contributed by atoms with Gasteiger partial charge in [-0.3, -0.25) is 4.79 Å². The van der Waals surface area contributed by atoms with Crippen molar-refractivity contribution < 1.29 is 13.4 Å². The van der Waals surface area contributed by atoms with Crippen molar-refractivity contribution in [2.75, 3.05) is 18.4 Å². The molecule has 12 heteroatoms. The number of hydrogen-bond donors (Lipinski definition) is 2. The number of nitrogens with zero attached hydrogens (tertiary/aromatic N) is 6. The highest BCUT2D eigenvalue weighted by molar-refractivity contribution is 7.72. The maximum Gasteiger partial charge on any atom is 0.275 e. The lowest BCUT2D eigenvalue weighted by Gasteiger charge is -2.26. The van der Waals surface area contributed by atoms with E-state index in [0.29, 0.717) is 18.7 Å². The Bertz CT molecular complexity index is 1120. The minimum Gasteiger partial charge on any atom is -0.424 e. The van der Waals surface area contributed by atoms with E-state index in [4.69, 9.17) is 11.0 Å². The van der Waals surface area contributed by atoms with Crippen molar-refractivity contribution in [1.82, 2.24) is 14.3 Å². The van der Waals surface area contributed by atoms with Crippen LogP contribution in [0.5, 0.6) is 0 Å². The molecule has 3 N–H and O–H groups in total. The van der Waals surface area contributed by atoms with Crippen LogP contribution in [0.4, 0.5) is 10.2 Å². The Balaban J connectivity index is 1.78. The number of carbonyl (C=O) groups excluding carboxylic acids is 1. The second-order valence-electron chi connectivity index (χ2n) is 6.62. The van der Waals surface area contributed by atoms with Crippen LogP contribution in [0.3, 0.4) is 0 Å². The van der Waals surface area contributed by atoms with Gasteiger partial charge in [0.2, 0.25) is 0 Å². The molecule has 0 spiro atoms. The van der Waals surface area contributed by atoms with Crippen molar-refractivity contribution in [3.8, 4) is 6.07 Å². The molecule has 3 rings (SSSR count). The van der Waals surface area contributed by atoms with E-state index >= 15 is 0 Å². The first kappa shape index (κ1) is 22.1. The van der Waals surface area contributed by atoms with Gasteiger partial charge in [0, 0.05) is 19.3 Å². The first-order valence-corrected chi connectivity index (χ1v) is 10.5. The predicted molar refractivity (Wildman–Crippen MR) is 112 cm³/mol. The van der Waals surface area contributed by atoms with Gasteiger partial charge >= 0.3 is 0 Å². The molecule has 2 aromatic heterocycles. The molecule has 0 radical (unpaired) electrons. The fourth-order valence-electron chi connectivity index (χ4n) is 2.77. The van der Waals surface area contributed by atoms with E-state index in [1.165, 1.54) is 28.7 Å². The van der Waals surface area contributed by atoms with E-state index < -0.39 is 28.5 Å². The zero-order valence-electron chi connectivity index (χ0n) is 16.7. The molecular formula is C19H20FN8O2S-. The van der Waals surface area contributed by atoms with E-state index in [2.05, 4.69) is 24.6 Å². The number of amides is 1. The van der Waals surface area contributed by atoms with Crippen molar-refractivity contribution >= 4 is 28.5 Å².